The number of hydrogen-bond donors (Lipinski definition) is 3. The van der Waals surface area contributed by atoms with Crippen molar-refractivity contribution in [3.8, 4) is 17.2 Å². The molecule has 2 aliphatic heterocycles. The first-order valence-corrected chi connectivity index (χ1v) is 14.4. The summed E-state index contributed by atoms with van der Waals surface area (Å²) in [6.07, 6.45) is 4.89. The number of halogens is 2. The molecule has 2 unspecified atom stereocenters. The largest absolute Gasteiger partial charge is 0.374 e. The van der Waals surface area contributed by atoms with Crippen molar-refractivity contribution in [2.45, 2.75) is 38.5 Å². The van der Waals surface area contributed by atoms with Crippen molar-refractivity contribution in [2.24, 2.45) is 5.41 Å². The van der Waals surface area contributed by atoms with Crippen LogP contribution in [-0.2, 0) is 13.1 Å². The van der Waals surface area contributed by atoms with E-state index in [0.717, 1.165) is 63.1 Å². The Morgan fingerprint density at radius 3 is 2.74 bits per heavy atom. The minimum Gasteiger partial charge on any atom is -0.374 e. The van der Waals surface area contributed by atoms with Crippen molar-refractivity contribution in [1.82, 2.24) is 24.7 Å². The maximum atomic E-state index is 10.7. The van der Waals surface area contributed by atoms with Crippen molar-refractivity contribution in [3.05, 3.63) is 63.9 Å². The van der Waals surface area contributed by atoms with Crippen molar-refractivity contribution in [2.75, 3.05) is 20.1 Å². The number of hydrogen-bond acceptors (Lipinski definition) is 8. The zero-order valence-electron chi connectivity index (χ0n) is 21.3. The highest BCUT2D eigenvalue weighted by atomic mass is 35.5. The van der Waals surface area contributed by atoms with E-state index in [1.54, 1.807) is 29.5 Å². The van der Waals surface area contributed by atoms with Crippen LogP contribution in [0.3, 0.4) is 0 Å². The number of piperidine rings is 1. The summed E-state index contributed by atoms with van der Waals surface area (Å²) in [6.45, 7) is 2.61. The molecule has 1 saturated heterocycles. The molecule has 0 saturated carbocycles. The first-order chi connectivity index (χ1) is 18.8. The maximum absolute atomic E-state index is 10.7. The van der Waals surface area contributed by atoms with Crippen LogP contribution in [-0.4, -0.2) is 62.3 Å². The van der Waals surface area contributed by atoms with E-state index in [4.69, 9.17) is 23.2 Å². The van der Waals surface area contributed by atoms with Gasteiger partial charge in [-0.05, 0) is 62.3 Å². The summed E-state index contributed by atoms with van der Waals surface area (Å²) >= 11 is 14.3. The van der Waals surface area contributed by atoms with Gasteiger partial charge >= 0.3 is 0 Å². The number of thiophene rings is 1. The third-order valence-electron chi connectivity index (χ3n) is 7.79. The summed E-state index contributed by atoms with van der Waals surface area (Å²) in [5.74, 6) is 0. The average molecular weight is 584 g/mol. The number of nitrogens with one attached hydrogen (secondary N) is 1. The van der Waals surface area contributed by atoms with Gasteiger partial charge in [-0.3, -0.25) is 4.98 Å². The molecule has 6 rings (SSSR count). The Labute approximate surface area is 240 Å². The molecule has 8 nitrogen and oxygen atoms in total. The Morgan fingerprint density at radius 2 is 1.97 bits per heavy atom. The second kappa shape index (κ2) is 10.4. The SMILES string of the molecule is CN1C(Cl)=CC(O)N(Cc2cc3nccc(-c4cc(Cl)cc5ccn(CC6(C#N)CCNCC6)c45)c3s2)C1O. The Morgan fingerprint density at radius 1 is 1.18 bits per heavy atom. The molecule has 3 N–H and O–H groups in total. The third kappa shape index (κ3) is 4.81. The maximum Gasteiger partial charge on any atom is 0.189 e. The second-order valence-electron chi connectivity index (χ2n) is 10.3. The van der Waals surface area contributed by atoms with E-state index in [1.807, 2.05) is 24.3 Å². The summed E-state index contributed by atoms with van der Waals surface area (Å²) in [6, 6.07) is 12.6. The molecule has 5 heterocycles. The fourth-order valence-electron chi connectivity index (χ4n) is 5.62. The van der Waals surface area contributed by atoms with Gasteiger partial charge in [0, 0.05) is 58.9 Å². The number of rotatable bonds is 5. The van der Waals surface area contributed by atoms with Gasteiger partial charge in [0.2, 0.25) is 0 Å². The lowest BCUT2D eigenvalue weighted by Crippen LogP contribution is -2.52. The number of nitriles is 1. The van der Waals surface area contributed by atoms with Crippen molar-refractivity contribution in [3.63, 3.8) is 0 Å². The Bertz CT molecular complexity index is 1620. The summed E-state index contributed by atoms with van der Waals surface area (Å²) in [7, 11) is 1.67. The standard InChI is InChI=1S/C28H28Cl2N6O2S/c1-34-23(30)13-24(37)36(27(34)38)14-19-12-22-26(39-19)20(2-6-33-22)21-11-18(29)10-17-3-9-35(25(17)21)16-28(15-31)4-7-32-8-5-28/h2-3,6,9-13,24,27,32,37-38H,4-5,7-8,14,16H2,1H3. The highest BCUT2D eigenvalue weighted by molar-refractivity contribution is 7.19. The number of aliphatic hydroxyl groups is 2. The van der Waals surface area contributed by atoms with E-state index in [-0.39, 0.29) is 0 Å². The van der Waals surface area contributed by atoms with Crippen LogP contribution in [0.25, 0.3) is 32.2 Å². The zero-order chi connectivity index (χ0) is 27.3. The van der Waals surface area contributed by atoms with Crippen LogP contribution in [0.2, 0.25) is 5.02 Å². The Balaban J connectivity index is 1.42. The predicted molar refractivity (Wildman–Crippen MR) is 155 cm³/mol. The van der Waals surface area contributed by atoms with E-state index in [1.165, 1.54) is 11.0 Å². The molecule has 0 aliphatic carbocycles. The second-order valence-corrected chi connectivity index (χ2v) is 12.3. The first kappa shape index (κ1) is 26.5. The molecule has 202 valence electrons. The smallest absolute Gasteiger partial charge is 0.189 e. The van der Waals surface area contributed by atoms with Gasteiger partial charge < -0.3 is 25.0 Å². The minimum absolute atomic E-state index is 0.294. The third-order valence-corrected chi connectivity index (χ3v) is 9.55. The summed E-state index contributed by atoms with van der Waals surface area (Å²) in [4.78, 5) is 8.60. The normalized spacial score (nSPS) is 21.8. The van der Waals surface area contributed by atoms with Crippen LogP contribution in [0.1, 0.15) is 17.7 Å². The monoisotopic (exact) mass is 582 g/mol. The van der Waals surface area contributed by atoms with E-state index >= 15 is 0 Å². The molecule has 11 heteroatoms. The number of nitrogens with zero attached hydrogens (tertiary/aromatic N) is 5. The molecule has 0 radical (unpaired) electrons. The van der Waals surface area contributed by atoms with E-state index in [0.29, 0.717) is 23.3 Å². The number of aromatic nitrogens is 2. The fraction of sp³-hybridized carbons (Fsp3) is 0.357. The van der Waals surface area contributed by atoms with Crippen LogP contribution in [0.4, 0.5) is 0 Å². The van der Waals surface area contributed by atoms with Gasteiger partial charge in [-0.15, -0.1) is 11.3 Å². The molecule has 4 aromatic rings. The van der Waals surface area contributed by atoms with Crippen LogP contribution < -0.4 is 5.32 Å². The molecule has 0 amide bonds. The van der Waals surface area contributed by atoms with Gasteiger partial charge in [0.05, 0.1) is 27.2 Å². The highest BCUT2D eigenvalue weighted by Gasteiger charge is 2.34. The molecular formula is C28H28Cl2N6O2S. The van der Waals surface area contributed by atoms with Crippen LogP contribution in [0, 0.1) is 16.7 Å². The van der Waals surface area contributed by atoms with Crippen molar-refractivity contribution >= 4 is 55.7 Å². The molecule has 1 fully saturated rings. The van der Waals surface area contributed by atoms with Gasteiger partial charge in [-0.2, -0.15) is 5.26 Å². The zero-order valence-corrected chi connectivity index (χ0v) is 23.6. The van der Waals surface area contributed by atoms with Gasteiger partial charge in [-0.25, -0.2) is 4.90 Å². The lowest BCUT2D eigenvalue weighted by molar-refractivity contribution is -0.155. The molecule has 2 aliphatic rings. The topological polar surface area (TPSA) is 101 Å². The van der Waals surface area contributed by atoms with E-state index in [9.17, 15) is 15.5 Å². The number of benzene rings is 1. The van der Waals surface area contributed by atoms with Crippen molar-refractivity contribution in [1.29, 1.82) is 5.26 Å². The minimum atomic E-state index is -1.06. The van der Waals surface area contributed by atoms with Gasteiger partial charge in [-0.1, -0.05) is 23.2 Å². The van der Waals surface area contributed by atoms with Crippen LogP contribution >= 0.6 is 34.5 Å². The number of fused-ring (bicyclic) bond motifs is 2. The molecule has 0 bridgehead atoms. The summed E-state index contributed by atoms with van der Waals surface area (Å²) in [5, 5.41) is 36.7. The molecule has 1 aromatic carbocycles. The molecule has 39 heavy (non-hydrogen) atoms. The quantitative estimate of drug-likeness (QED) is 0.288. The first-order valence-electron chi connectivity index (χ1n) is 12.8. The summed E-state index contributed by atoms with van der Waals surface area (Å²) < 4.78 is 3.19. The molecule has 2 atom stereocenters. The number of aliphatic hydroxyl groups excluding tert-OH is 2. The Kier molecular flexibility index (Phi) is 7.06. The molecular weight excluding hydrogens is 555 g/mol. The summed E-state index contributed by atoms with van der Waals surface area (Å²) in [5.41, 5.74) is 3.43. The van der Waals surface area contributed by atoms with Crippen LogP contribution in [0.15, 0.2) is 54.0 Å². The number of pyridine rings is 1. The van der Waals surface area contributed by atoms with Gasteiger partial charge in [0.1, 0.15) is 11.4 Å². The van der Waals surface area contributed by atoms with Crippen LogP contribution in [0.5, 0.6) is 0 Å². The predicted octanol–water partition coefficient (Wildman–Crippen LogP) is 4.89. The van der Waals surface area contributed by atoms with E-state index in [2.05, 4.69) is 33.2 Å². The lowest BCUT2D eigenvalue weighted by atomic mass is 9.80. The Hall–Kier alpha value is -2.68. The van der Waals surface area contributed by atoms with Gasteiger partial charge in [0.25, 0.3) is 0 Å². The van der Waals surface area contributed by atoms with Crippen molar-refractivity contribution < 1.29 is 10.2 Å². The lowest BCUT2D eigenvalue weighted by Gasteiger charge is -2.40. The van der Waals surface area contributed by atoms with E-state index < -0.39 is 18.0 Å². The molecule has 0 spiro atoms. The molecule has 3 aromatic heterocycles. The van der Waals surface area contributed by atoms with Gasteiger partial charge in [0.15, 0.2) is 6.35 Å². The fourth-order valence-corrected chi connectivity index (χ4v) is 7.20. The average Bonchev–Trinajstić information content (AvgIpc) is 3.53. The highest BCUT2D eigenvalue weighted by Crippen LogP contribution is 2.41.